The lowest BCUT2D eigenvalue weighted by atomic mass is 10.1. The van der Waals surface area contributed by atoms with E-state index in [-0.39, 0.29) is 24.8 Å². The molecule has 1 unspecified atom stereocenters. The van der Waals surface area contributed by atoms with Crippen LogP contribution in [0.2, 0.25) is 0 Å². The Morgan fingerprint density at radius 3 is 2.41 bits per heavy atom. The van der Waals surface area contributed by atoms with Crippen LogP contribution in [0.15, 0.2) is 0 Å². The molecule has 17 heavy (non-hydrogen) atoms. The van der Waals surface area contributed by atoms with Crippen LogP contribution < -0.4 is 0 Å². The second kappa shape index (κ2) is 5.71. The number of carbonyl (C=O) groups excluding carboxylic acids is 1. The Morgan fingerprint density at radius 1 is 1.47 bits per heavy atom. The highest BCUT2D eigenvalue weighted by Gasteiger charge is 2.39. The lowest BCUT2D eigenvalue weighted by Crippen LogP contribution is -2.46. The Kier molecular flexibility index (Phi) is 4.80. The van der Waals surface area contributed by atoms with Gasteiger partial charge in [-0.3, -0.25) is 4.90 Å². The van der Waals surface area contributed by atoms with Gasteiger partial charge in [-0.2, -0.15) is 0 Å². The standard InChI is InChI=1S/C13H25NO3/c1-5-6-11(9-15)14(10-7-8-10)12(16)17-13(2,3)4/h10-11,15H,5-9H2,1-4H3. The first-order valence-electron chi connectivity index (χ1n) is 6.51. The molecule has 100 valence electrons. The Balaban J connectivity index is 2.67. The predicted octanol–water partition coefficient (Wildman–Crippen LogP) is 2.55. The molecule has 1 fully saturated rings. The average Bonchev–Trinajstić information content (AvgIpc) is 2.98. The third-order valence-electron chi connectivity index (χ3n) is 2.77. The molecule has 1 aliphatic rings. The SMILES string of the molecule is CCCC(CO)N(C(=O)OC(C)(C)C)C1CC1. The topological polar surface area (TPSA) is 49.8 Å². The minimum absolute atomic E-state index is 0.0174. The zero-order valence-corrected chi connectivity index (χ0v) is 11.4. The van der Waals surface area contributed by atoms with Crippen molar-refractivity contribution in [1.82, 2.24) is 4.90 Å². The maximum Gasteiger partial charge on any atom is 0.410 e. The Hall–Kier alpha value is -0.770. The molecule has 0 aromatic carbocycles. The molecule has 0 saturated heterocycles. The molecular formula is C13H25NO3. The van der Waals surface area contributed by atoms with E-state index >= 15 is 0 Å². The third kappa shape index (κ3) is 4.54. The summed E-state index contributed by atoms with van der Waals surface area (Å²) in [6, 6.07) is 0.177. The largest absolute Gasteiger partial charge is 0.444 e. The van der Waals surface area contributed by atoms with Crippen LogP contribution in [0.3, 0.4) is 0 Å². The summed E-state index contributed by atoms with van der Waals surface area (Å²) in [6.45, 7) is 7.67. The lowest BCUT2D eigenvalue weighted by molar-refractivity contribution is 0.00569. The van der Waals surface area contributed by atoms with Crippen molar-refractivity contribution in [2.75, 3.05) is 6.61 Å². The fourth-order valence-corrected chi connectivity index (χ4v) is 1.92. The Morgan fingerprint density at radius 2 is 2.06 bits per heavy atom. The normalized spacial score (nSPS) is 17.7. The summed E-state index contributed by atoms with van der Waals surface area (Å²) in [6.07, 6.45) is 3.55. The highest BCUT2D eigenvalue weighted by atomic mass is 16.6. The van der Waals surface area contributed by atoms with Crippen molar-refractivity contribution >= 4 is 6.09 Å². The van der Waals surface area contributed by atoms with Crippen LogP contribution in [-0.4, -0.2) is 40.4 Å². The summed E-state index contributed by atoms with van der Waals surface area (Å²) in [5.41, 5.74) is -0.476. The van der Waals surface area contributed by atoms with Crippen LogP contribution in [0.5, 0.6) is 0 Å². The smallest absolute Gasteiger partial charge is 0.410 e. The zero-order chi connectivity index (χ0) is 13.1. The molecule has 1 saturated carbocycles. The van der Waals surface area contributed by atoms with Gasteiger partial charge in [0.2, 0.25) is 0 Å². The second-order valence-corrected chi connectivity index (χ2v) is 5.74. The van der Waals surface area contributed by atoms with Gasteiger partial charge in [0.15, 0.2) is 0 Å². The van der Waals surface area contributed by atoms with Crippen molar-refractivity contribution in [2.24, 2.45) is 0 Å². The average molecular weight is 243 g/mol. The van der Waals surface area contributed by atoms with Crippen molar-refractivity contribution in [2.45, 2.75) is 71.1 Å². The maximum atomic E-state index is 12.1. The summed E-state index contributed by atoms with van der Waals surface area (Å²) >= 11 is 0. The number of amides is 1. The van der Waals surface area contributed by atoms with E-state index in [2.05, 4.69) is 6.92 Å². The van der Waals surface area contributed by atoms with E-state index in [1.807, 2.05) is 20.8 Å². The number of nitrogens with zero attached hydrogens (tertiary/aromatic N) is 1. The number of aliphatic hydroxyl groups excluding tert-OH is 1. The first kappa shape index (κ1) is 14.3. The van der Waals surface area contributed by atoms with E-state index in [1.165, 1.54) is 0 Å². The van der Waals surface area contributed by atoms with Crippen molar-refractivity contribution in [3.8, 4) is 0 Å². The molecular weight excluding hydrogens is 218 g/mol. The molecule has 1 amide bonds. The second-order valence-electron chi connectivity index (χ2n) is 5.74. The fourth-order valence-electron chi connectivity index (χ4n) is 1.92. The lowest BCUT2D eigenvalue weighted by Gasteiger charge is -2.32. The van der Waals surface area contributed by atoms with Gasteiger partial charge in [-0.05, 0) is 40.0 Å². The zero-order valence-electron chi connectivity index (χ0n) is 11.4. The molecule has 0 aliphatic heterocycles. The molecule has 4 heteroatoms. The van der Waals surface area contributed by atoms with E-state index in [0.29, 0.717) is 0 Å². The molecule has 1 aliphatic carbocycles. The number of aliphatic hydroxyl groups is 1. The van der Waals surface area contributed by atoms with E-state index in [1.54, 1.807) is 4.90 Å². The molecule has 0 heterocycles. The van der Waals surface area contributed by atoms with Crippen LogP contribution in [0.25, 0.3) is 0 Å². The Labute approximate surface area is 104 Å². The molecule has 1 rings (SSSR count). The summed E-state index contributed by atoms with van der Waals surface area (Å²) in [5.74, 6) is 0. The van der Waals surface area contributed by atoms with Gasteiger partial charge in [0.1, 0.15) is 5.60 Å². The molecule has 0 spiro atoms. The number of hydrogen-bond acceptors (Lipinski definition) is 3. The van der Waals surface area contributed by atoms with E-state index in [4.69, 9.17) is 4.74 Å². The highest BCUT2D eigenvalue weighted by molar-refractivity contribution is 5.69. The first-order valence-corrected chi connectivity index (χ1v) is 6.51. The van der Waals surface area contributed by atoms with Gasteiger partial charge in [-0.25, -0.2) is 4.79 Å². The monoisotopic (exact) mass is 243 g/mol. The van der Waals surface area contributed by atoms with Gasteiger partial charge in [0.05, 0.1) is 12.6 Å². The fraction of sp³-hybridized carbons (Fsp3) is 0.923. The number of carbonyl (C=O) groups is 1. The maximum absolute atomic E-state index is 12.1. The third-order valence-corrected chi connectivity index (χ3v) is 2.77. The van der Waals surface area contributed by atoms with E-state index in [0.717, 1.165) is 25.7 Å². The molecule has 0 aromatic rings. The number of ether oxygens (including phenoxy) is 1. The van der Waals surface area contributed by atoms with Crippen molar-refractivity contribution in [3.63, 3.8) is 0 Å². The van der Waals surface area contributed by atoms with Gasteiger partial charge in [-0.1, -0.05) is 13.3 Å². The molecule has 0 aromatic heterocycles. The van der Waals surface area contributed by atoms with Gasteiger partial charge < -0.3 is 9.84 Å². The van der Waals surface area contributed by atoms with Crippen LogP contribution in [0.4, 0.5) is 4.79 Å². The quantitative estimate of drug-likeness (QED) is 0.807. The summed E-state index contributed by atoms with van der Waals surface area (Å²) in [5, 5.41) is 9.40. The van der Waals surface area contributed by atoms with Crippen LogP contribution in [-0.2, 0) is 4.74 Å². The van der Waals surface area contributed by atoms with Gasteiger partial charge in [0.25, 0.3) is 0 Å². The molecule has 1 N–H and O–H groups in total. The minimum atomic E-state index is -0.476. The first-order chi connectivity index (χ1) is 7.89. The van der Waals surface area contributed by atoms with Crippen molar-refractivity contribution in [1.29, 1.82) is 0 Å². The molecule has 4 nitrogen and oxygen atoms in total. The minimum Gasteiger partial charge on any atom is -0.444 e. The van der Waals surface area contributed by atoms with Crippen LogP contribution in [0, 0.1) is 0 Å². The number of rotatable bonds is 5. The van der Waals surface area contributed by atoms with Crippen LogP contribution in [0.1, 0.15) is 53.4 Å². The summed E-state index contributed by atoms with van der Waals surface area (Å²) in [7, 11) is 0. The van der Waals surface area contributed by atoms with Gasteiger partial charge >= 0.3 is 6.09 Å². The van der Waals surface area contributed by atoms with Crippen molar-refractivity contribution < 1.29 is 14.6 Å². The molecule has 0 radical (unpaired) electrons. The Bertz CT molecular complexity index is 256. The molecule has 0 bridgehead atoms. The van der Waals surface area contributed by atoms with Crippen molar-refractivity contribution in [3.05, 3.63) is 0 Å². The van der Waals surface area contributed by atoms with Gasteiger partial charge in [-0.15, -0.1) is 0 Å². The van der Waals surface area contributed by atoms with Gasteiger partial charge in [0, 0.05) is 6.04 Å². The van der Waals surface area contributed by atoms with E-state index in [9.17, 15) is 9.90 Å². The van der Waals surface area contributed by atoms with Crippen LogP contribution >= 0.6 is 0 Å². The predicted molar refractivity (Wildman–Crippen MR) is 66.9 cm³/mol. The summed E-state index contributed by atoms with van der Waals surface area (Å²) < 4.78 is 5.41. The number of hydrogen-bond donors (Lipinski definition) is 1. The summed E-state index contributed by atoms with van der Waals surface area (Å²) in [4.78, 5) is 13.9. The highest BCUT2D eigenvalue weighted by Crippen LogP contribution is 2.31. The van der Waals surface area contributed by atoms with E-state index < -0.39 is 5.60 Å². The molecule has 1 atom stereocenters.